The summed E-state index contributed by atoms with van der Waals surface area (Å²) in [5, 5.41) is 4.60. The first kappa shape index (κ1) is 12.9. The first-order valence-electron chi connectivity index (χ1n) is 6.91. The van der Waals surface area contributed by atoms with Gasteiger partial charge in [-0.1, -0.05) is 18.0 Å². The number of hydrogen-bond donors (Lipinski definition) is 1. The topological polar surface area (TPSA) is 64.2 Å². The zero-order valence-corrected chi connectivity index (χ0v) is 11.6. The van der Waals surface area contributed by atoms with Gasteiger partial charge in [0.2, 0.25) is 0 Å². The van der Waals surface area contributed by atoms with Gasteiger partial charge in [0.25, 0.3) is 5.56 Å². The Kier molecular flexibility index (Phi) is 3.50. The van der Waals surface area contributed by atoms with Crippen molar-refractivity contribution in [3.8, 4) is 0 Å². The van der Waals surface area contributed by atoms with E-state index in [9.17, 15) is 4.79 Å². The molecule has 1 saturated heterocycles. The summed E-state index contributed by atoms with van der Waals surface area (Å²) in [6.45, 7) is 2.20. The summed E-state index contributed by atoms with van der Waals surface area (Å²) in [5.74, 6) is 0.597. The molecule has 3 rings (SSSR count). The Morgan fingerprint density at radius 1 is 1.42 bits per heavy atom. The number of nitrogens with zero attached hydrogens (tertiary/aromatic N) is 3. The molecule has 1 aliphatic heterocycles. The lowest BCUT2D eigenvalue weighted by Gasteiger charge is -2.26. The lowest BCUT2D eigenvalue weighted by Crippen LogP contribution is -2.35. The Balaban J connectivity index is 1.89. The highest BCUT2D eigenvalue weighted by molar-refractivity contribution is 6.33. The Labute approximate surface area is 117 Å². The zero-order valence-electron chi connectivity index (χ0n) is 10.9. The molecule has 6 heteroatoms. The Morgan fingerprint density at radius 3 is 2.79 bits per heavy atom. The van der Waals surface area contributed by atoms with Crippen molar-refractivity contribution in [2.24, 2.45) is 11.7 Å². The minimum absolute atomic E-state index is 0.0755. The van der Waals surface area contributed by atoms with E-state index in [2.05, 4.69) is 5.10 Å². The second-order valence-electron chi connectivity index (χ2n) is 5.62. The van der Waals surface area contributed by atoms with E-state index >= 15 is 0 Å². The molecule has 104 valence electrons. The molecule has 0 aromatic carbocycles. The summed E-state index contributed by atoms with van der Waals surface area (Å²) in [5.41, 5.74) is 6.40. The summed E-state index contributed by atoms with van der Waals surface area (Å²) in [4.78, 5) is 14.5. The average Bonchev–Trinajstić information content (AvgIpc) is 2.72. The quantitative estimate of drug-likeness (QED) is 0.906. The average molecular weight is 283 g/mol. The Hall–Kier alpha value is -1.07. The second-order valence-corrected chi connectivity index (χ2v) is 6.03. The van der Waals surface area contributed by atoms with Crippen molar-refractivity contribution < 1.29 is 0 Å². The van der Waals surface area contributed by atoms with Crippen LogP contribution in [0.15, 0.2) is 11.0 Å². The molecule has 2 fully saturated rings. The smallest absolute Gasteiger partial charge is 0.291 e. The largest absolute Gasteiger partial charge is 0.364 e. The van der Waals surface area contributed by atoms with Crippen LogP contribution in [-0.4, -0.2) is 28.9 Å². The Bertz CT molecular complexity index is 526. The lowest BCUT2D eigenvalue weighted by molar-refractivity contribution is 0.262. The lowest BCUT2D eigenvalue weighted by atomic mass is 9.85. The number of rotatable bonds is 3. The van der Waals surface area contributed by atoms with Crippen LogP contribution in [-0.2, 0) is 6.54 Å². The highest BCUT2D eigenvalue weighted by Gasteiger charge is 2.26. The van der Waals surface area contributed by atoms with Crippen molar-refractivity contribution >= 4 is 17.3 Å². The molecule has 2 heterocycles. The van der Waals surface area contributed by atoms with Crippen LogP contribution in [0.4, 0.5) is 5.69 Å². The monoisotopic (exact) mass is 282 g/mol. The standard InChI is InChI=1S/C13H19ClN4O/c14-11-6-16-18(7-9-2-1-3-9)13(19)12(11)17-5-4-10(15)8-17/h6,9-10H,1-5,7-8,15H2. The van der Waals surface area contributed by atoms with Crippen LogP contribution in [0.5, 0.6) is 0 Å². The van der Waals surface area contributed by atoms with E-state index in [-0.39, 0.29) is 11.6 Å². The fourth-order valence-corrected chi connectivity index (χ4v) is 3.03. The van der Waals surface area contributed by atoms with Gasteiger partial charge in [-0.3, -0.25) is 4.79 Å². The van der Waals surface area contributed by atoms with Crippen molar-refractivity contribution in [1.82, 2.24) is 9.78 Å². The maximum absolute atomic E-state index is 12.5. The zero-order chi connectivity index (χ0) is 13.4. The van der Waals surface area contributed by atoms with E-state index in [1.807, 2.05) is 4.90 Å². The molecule has 0 bridgehead atoms. The van der Waals surface area contributed by atoms with Crippen LogP contribution in [0, 0.1) is 5.92 Å². The van der Waals surface area contributed by atoms with Crippen LogP contribution < -0.4 is 16.2 Å². The van der Waals surface area contributed by atoms with Gasteiger partial charge >= 0.3 is 0 Å². The van der Waals surface area contributed by atoms with E-state index in [4.69, 9.17) is 17.3 Å². The van der Waals surface area contributed by atoms with Crippen LogP contribution in [0.3, 0.4) is 0 Å². The van der Waals surface area contributed by atoms with Gasteiger partial charge in [-0.15, -0.1) is 0 Å². The number of aromatic nitrogens is 2. The van der Waals surface area contributed by atoms with Crippen molar-refractivity contribution in [2.45, 2.75) is 38.3 Å². The molecule has 1 atom stereocenters. The fourth-order valence-electron chi connectivity index (χ4n) is 2.79. The van der Waals surface area contributed by atoms with Crippen LogP contribution in [0.2, 0.25) is 5.02 Å². The molecular weight excluding hydrogens is 264 g/mol. The third kappa shape index (κ3) is 2.49. The fraction of sp³-hybridized carbons (Fsp3) is 0.692. The van der Waals surface area contributed by atoms with Crippen molar-refractivity contribution in [3.05, 3.63) is 21.6 Å². The summed E-state index contributed by atoms with van der Waals surface area (Å²) in [7, 11) is 0. The van der Waals surface area contributed by atoms with Gasteiger partial charge in [0.05, 0.1) is 11.2 Å². The van der Waals surface area contributed by atoms with Gasteiger partial charge in [-0.05, 0) is 25.2 Å². The van der Waals surface area contributed by atoms with Crippen molar-refractivity contribution in [1.29, 1.82) is 0 Å². The first-order chi connectivity index (χ1) is 9.15. The van der Waals surface area contributed by atoms with Gasteiger partial charge in [-0.25, -0.2) is 4.68 Å². The van der Waals surface area contributed by atoms with Crippen LogP contribution in [0.25, 0.3) is 0 Å². The van der Waals surface area contributed by atoms with E-state index in [0.29, 0.717) is 29.7 Å². The van der Waals surface area contributed by atoms with E-state index < -0.39 is 0 Å². The molecule has 19 heavy (non-hydrogen) atoms. The molecule has 0 spiro atoms. The molecule has 0 amide bonds. The third-order valence-corrected chi connectivity index (χ3v) is 4.45. The Morgan fingerprint density at radius 2 is 2.21 bits per heavy atom. The van der Waals surface area contributed by atoms with Gasteiger partial charge in [0, 0.05) is 25.7 Å². The molecular formula is C13H19ClN4O. The second kappa shape index (κ2) is 5.13. The van der Waals surface area contributed by atoms with Gasteiger partial charge < -0.3 is 10.6 Å². The molecule has 1 saturated carbocycles. The van der Waals surface area contributed by atoms with E-state index in [1.54, 1.807) is 10.9 Å². The number of hydrogen-bond acceptors (Lipinski definition) is 4. The maximum atomic E-state index is 12.5. The summed E-state index contributed by atoms with van der Waals surface area (Å²) in [6, 6.07) is 0.128. The molecule has 1 aromatic heterocycles. The summed E-state index contributed by atoms with van der Waals surface area (Å²) in [6.07, 6.45) is 6.14. The predicted molar refractivity (Wildman–Crippen MR) is 75.7 cm³/mol. The van der Waals surface area contributed by atoms with Gasteiger partial charge in [-0.2, -0.15) is 5.10 Å². The summed E-state index contributed by atoms with van der Waals surface area (Å²) >= 11 is 6.16. The molecule has 0 radical (unpaired) electrons. The summed E-state index contributed by atoms with van der Waals surface area (Å²) < 4.78 is 1.56. The van der Waals surface area contributed by atoms with Crippen molar-refractivity contribution in [3.63, 3.8) is 0 Å². The number of nitrogens with two attached hydrogens (primary N) is 1. The highest BCUT2D eigenvalue weighted by atomic mass is 35.5. The minimum atomic E-state index is -0.0755. The van der Waals surface area contributed by atoms with Crippen molar-refractivity contribution in [2.75, 3.05) is 18.0 Å². The normalized spacial score (nSPS) is 23.7. The third-order valence-electron chi connectivity index (χ3n) is 4.17. The molecule has 1 unspecified atom stereocenters. The molecule has 1 aromatic rings. The molecule has 2 aliphatic rings. The number of anilines is 1. The molecule has 1 aliphatic carbocycles. The van der Waals surface area contributed by atoms with Gasteiger partial charge in [0.1, 0.15) is 5.69 Å². The van der Waals surface area contributed by atoms with Gasteiger partial charge in [0.15, 0.2) is 0 Å². The maximum Gasteiger partial charge on any atom is 0.291 e. The van der Waals surface area contributed by atoms with Crippen LogP contribution >= 0.6 is 11.6 Å². The number of halogens is 1. The SMILES string of the molecule is NC1CCN(c2c(Cl)cnn(CC3CCC3)c2=O)C1. The first-order valence-corrected chi connectivity index (χ1v) is 7.29. The van der Waals surface area contributed by atoms with E-state index in [0.717, 1.165) is 13.0 Å². The minimum Gasteiger partial charge on any atom is -0.364 e. The predicted octanol–water partition coefficient (Wildman–Crippen LogP) is 1.23. The molecule has 5 nitrogen and oxygen atoms in total. The van der Waals surface area contributed by atoms with Crippen LogP contribution in [0.1, 0.15) is 25.7 Å². The highest BCUT2D eigenvalue weighted by Crippen LogP contribution is 2.28. The van der Waals surface area contributed by atoms with E-state index in [1.165, 1.54) is 19.3 Å². The molecule has 2 N–H and O–H groups in total.